The number of nitrogens with zero attached hydrogens (tertiary/aromatic N) is 2. The maximum Gasteiger partial charge on any atom is 0.290 e. The highest BCUT2D eigenvalue weighted by atomic mass is 16.5. The molecule has 144 valence electrons. The fourth-order valence-corrected chi connectivity index (χ4v) is 3.49. The van der Waals surface area contributed by atoms with Gasteiger partial charge in [-0.3, -0.25) is 9.59 Å². The smallest absolute Gasteiger partial charge is 0.290 e. The summed E-state index contributed by atoms with van der Waals surface area (Å²) in [6.07, 6.45) is 2.96. The topological polar surface area (TPSA) is 63.0 Å². The van der Waals surface area contributed by atoms with Crippen LogP contribution in [0.15, 0.2) is 41.0 Å². The van der Waals surface area contributed by atoms with Crippen LogP contribution in [0.25, 0.3) is 0 Å². The van der Waals surface area contributed by atoms with Gasteiger partial charge in [-0.05, 0) is 62.1 Å². The lowest BCUT2D eigenvalue weighted by atomic mass is 10.1. The van der Waals surface area contributed by atoms with Crippen molar-refractivity contribution in [2.24, 2.45) is 0 Å². The molecule has 0 N–H and O–H groups in total. The molecule has 1 saturated heterocycles. The quantitative estimate of drug-likeness (QED) is 0.784. The second-order valence-corrected chi connectivity index (χ2v) is 7.07. The van der Waals surface area contributed by atoms with E-state index >= 15 is 0 Å². The summed E-state index contributed by atoms with van der Waals surface area (Å²) < 4.78 is 11.0. The van der Waals surface area contributed by atoms with E-state index < -0.39 is 6.04 Å². The number of ether oxygens (including phenoxy) is 1. The van der Waals surface area contributed by atoms with E-state index in [2.05, 4.69) is 6.07 Å². The van der Waals surface area contributed by atoms with Crippen LogP contribution in [0.5, 0.6) is 5.75 Å². The van der Waals surface area contributed by atoms with Crippen molar-refractivity contribution in [3.8, 4) is 5.75 Å². The fraction of sp³-hybridized carbons (Fsp3) is 0.429. The standard InChI is InChI=1S/C21H26N2O4/c1-15-12-16(2)14-17(13-15)26-11-9-22(3)20(24)18-6-4-8-23(18)21(25)19-7-5-10-27-19/h5,7,10,12-14,18H,4,6,8-9,11H2,1-3H3. The van der Waals surface area contributed by atoms with Crippen molar-refractivity contribution in [1.29, 1.82) is 0 Å². The Labute approximate surface area is 159 Å². The average Bonchev–Trinajstić information content (AvgIpc) is 3.31. The molecule has 1 aromatic carbocycles. The van der Waals surface area contributed by atoms with Gasteiger partial charge in [0.25, 0.3) is 5.91 Å². The highest BCUT2D eigenvalue weighted by molar-refractivity contribution is 5.95. The Kier molecular flexibility index (Phi) is 5.84. The molecule has 1 atom stereocenters. The highest BCUT2D eigenvalue weighted by Gasteiger charge is 2.36. The SMILES string of the molecule is Cc1cc(C)cc(OCCN(C)C(=O)C2CCCN2C(=O)c2ccco2)c1. The van der Waals surface area contributed by atoms with Crippen molar-refractivity contribution >= 4 is 11.8 Å². The molecule has 1 aliphatic heterocycles. The molecule has 2 heterocycles. The first-order valence-electron chi connectivity index (χ1n) is 9.26. The lowest BCUT2D eigenvalue weighted by molar-refractivity contribution is -0.134. The zero-order chi connectivity index (χ0) is 19.4. The number of carbonyl (C=O) groups excluding carboxylic acids is 2. The largest absolute Gasteiger partial charge is 0.492 e. The normalized spacial score (nSPS) is 16.4. The van der Waals surface area contributed by atoms with Crippen LogP contribution in [0.2, 0.25) is 0 Å². The molecule has 1 fully saturated rings. The maximum atomic E-state index is 12.8. The molecular weight excluding hydrogens is 344 g/mol. The Morgan fingerprint density at radius 1 is 1.26 bits per heavy atom. The highest BCUT2D eigenvalue weighted by Crippen LogP contribution is 2.22. The van der Waals surface area contributed by atoms with Crippen LogP contribution in [0.4, 0.5) is 0 Å². The van der Waals surface area contributed by atoms with Gasteiger partial charge in [0.05, 0.1) is 12.8 Å². The minimum absolute atomic E-state index is 0.0589. The van der Waals surface area contributed by atoms with Gasteiger partial charge >= 0.3 is 0 Å². The van der Waals surface area contributed by atoms with Gasteiger partial charge in [0.1, 0.15) is 18.4 Å². The van der Waals surface area contributed by atoms with E-state index in [4.69, 9.17) is 9.15 Å². The van der Waals surface area contributed by atoms with E-state index in [-0.39, 0.29) is 17.6 Å². The van der Waals surface area contributed by atoms with E-state index in [9.17, 15) is 9.59 Å². The first-order chi connectivity index (χ1) is 13.0. The summed E-state index contributed by atoms with van der Waals surface area (Å²) in [5, 5.41) is 0. The summed E-state index contributed by atoms with van der Waals surface area (Å²) in [6, 6.07) is 8.92. The van der Waals surface area contributed by atoms with Gasteiger partial charge in [0.2, 0.25) is 5.91 Å². The fourth-order valence-electron chi connectivity index (χ4n) is 3.49. The summed E-state index contributed by atoms with van der Waals surface area (Å²) in [4.78, 5) is 28.6. The van der Waals surface area contributed by atoms with Crippen molar-refractivity contribution < 1.29 is 18.7 Å². The summed E-state index contributed by atoms with van der Waals surface area (Å²) in [7, 11) is 1.75. The molecule has 2 aromatic rings. The number of likely N-dealkylation sites (N-methyl/N-ethyl adjacent to an activating group) is 1. The lowest BCUT2D eigenvalue weighted by Gasteiger charge is -2.27. The predicted molar refractivity (Wildman–Crippen MR) is 102 cm³/mol. The first-order valence-corrected chi connectivity index (χ1v) is 9.26. The number of aryl methyl sites for hydroxylation is 2. The Hall–Kier alpha value is -2.76. The van der Waals surface area contributed by atoms with Crippen LogP contribution in [0, 0.1) is 13.8 Å². The summed E-state index contributed by atoms with van der Waals surface area (Å²) >= 11 is 0. The Balaban J connectivity index is 1.55. The Morgan fingerprint density at radius 3 is 2.67 bits per heavy atom. The van der Waals surface area contributed by atoms with E-state index in [0.29, 0.717) is 26.1 Å². The van der Waals surface area contributed by atoms with Gasteiger partial charge in [0, 0.05) is 13.6 Å². The van der Waals surface area contributed by atoms with Gasteiger partial charge in [-0.2, -0.15) is 0 Å². The monoisotopic (exact) mass is 370 g/mol. The maximum absolute atomic E-state index is 12.8. The number of hydrogen-bond acceptors (Lipinski definition) is 4. The molecule has 0 saturated carbocycles. The molecule has 0 bridgehead atoms. The van der Waals surface area contributed by atoms with E-state index in [0.717, 1.165) is 23.3 Å². The molecule has 3 rings (SSSR count). The van der Waals surface area contributed by atoms with Gasteiger partial charge in [-0.15, -0.1) is 0 Å². The Bertz CT molecular complexity index is 780. The third-order valence-corrected chi connectivity index (χ3v) is 4.80. The third-order valence-electron chi connectivity index (χ3n) is 4.80. The summed E-state index contributed by atoms with van der Waals surface area (Å²) in [5.74, 6) is 0.798. The van der Waals surface area contributed by atoms with Crippen molar-refractivity contribution in [2.45, 2.75) is 32.7 Å². The number of hydrogen-bond donors (Lipinski definition) is 0. The second kappa shape index (κ2) is 8.29. The molecule has 1 unspecified atom stereocenters. The number of likely N-dealkylation sites (tertiary alicyclic amines) is 1. The van der Waals surface area contributed by atoms with Crippen molar-refractivity contribution in [2.75, 3.05) is 26.7 Å². The zero-order valence-electron chi connectivity index (χ0n) is 16.1. The van der Waals surface area contributed by atoms with Crippen LogP contribution in [0.1, 0.15) is 34.5 Å². The molecule has 1 aliphatic rings. The minimum atomic E-state index is -0.436. The molecule has 0 spiro atoms. The van der Waals surface area contributed by atoms with Gasteiger partial charge < -0.3 is 19.0 Å². The van der Waals surface area contributed by atoms with Crippen LogP contribution in [-0.2, 0) is 4.79 Å². The first kappa shape index (κ1) is 19.0. The van der Waals surface area contributed by atoms with Gasteiger partial charge in [0.15, 0.2) is 5.76 Å². The van der Waals surface area contributed by atoms with Crippen LogP contribution < -0.4 is 4.74 Å². The second-order valence-electron chi connectivity index (χ2n) is 7.07. The molecule has 27 heavy (non-hydrogen) atoms. The molecule has 1 aromatic heterocycles. The Morgan fingerprint density at radius 2 is 2.00 bits per heavy atom. The molecular formula is C21H26N2O4. The van der Waals surface area contributed by atoms with Crippen LogP contribution >= 0.6 is 0 Å². The van der Waals surface area contributed by atoms with Gasteiger partial charge in [-0.1, -0.05) is 6.07 Å². The van der Waals surface area contributed by atoms with E-state index in [1.165, 1.54) is 6.26 Å². The predicted octanol–water partition coefficient (Wildman–Crippen LogP) is 3.04. The number of benzene rings is 1. The number of rotatable bonds is 6. The molecule has 0 aliphatic carbocycles. The number of amides is 2. The summed E-state index contributed by atoms with van der Waals surface area (Å²) in [6.45, 7) is 5.50. The molecule has 6 heteroatoms. The third kappa shape index (κ3) is 4.51. The van der Waals surface area contributed by atoms with E-state index in [1.54, 1.807) is 29.0 Å². The molecule has 2 amide bonds. The van der Waals surface area contributed by atoms with Crippen molar-refractivity contribution in [3.63, 3.8) is 0 Å². The van der Waals surface area contributed by atoms with Crippen LogP contribution in [-0.4, -0.2) is 54.4 Å². The minimum Gasteiger partial charge on any atom is -0.492 e. The van der Waals surface area contributed by atoms with Crippen molar-refractivity contribution in [3.05, 3.63) is 53.5 Å². The van der Waals surface area contributed by atoms with Crippen molar-refractivity contribution in [1.82, 2.24) is 9.80 Å². The van der Waals surface area contributed by atoms with Gasteiger partial charge in [-0.25, -0.2) is 0 Å². The average molecular weight is 370 g/mol. The molecule has 0 radical (unpaired) electrons. The van der Waals surface area contributed by atoms with Crippen LogP contribution in [0.3, 0.4) is 0 Å². The zero-order valence-corrected chi connectivity index (χ0v) is 16.1. The summed E-state index contributed by atoms with van der Waals surface area (Å²) in [5.41, 5.74) is 2.29. The lowest BCUT2D eigenvalue weighted by Crippen LogP contribution is -2.47. The van der Waals surface area contributed by atoms with E-state index in [1.807, 2.05) is 26.0 Å². The molecule has 6 nitrogen and oxygen atoms in total. The number of furan rings is 1. The number of carbonyl (C=O) groups is 2.